The third-order valence-corrected chi connectivity index (χ3v) is 3.60. The van der Waals surface area contributed by atoms with E-state index >= 15 is 0 Å². The fraction of sp³-hybridized carbons (Fsp3) is 0.643. The first kappa shape index (κ1) is 12.4. The highest BCUT2D eigenvalue weighted by atomic mass is 15.3. The van der Waals surface area contributed by atoms with Gasteiger partial charge in [0.25, 0.3) is 0 Å². The maximum Gasteiger partial charge on any atom is 0.0644 e. The Bertz CT molecular complexity index is 404. The van der Waals surface area contributed by atoms with Crippen molar-refractivity contribution in [1.82, 2.24) is 15.1 Å². The molecule has 0 bridgehead atoms. The minimum absolute atomic E-state index is 0.349. The van der Waals surface area contributed by atoms with Gasteiger partial charge in [-0.3, -0.25) is 4.68 Å². The molecule has 0 fully saturated rings. The highest BCUT2D eigenvalue weighted by molar-refractivity contribution is 5.29. The first-order valence-electron chi connectivity index (χ1n) is 6.58. The Kier molecular flexibility index (Phi) is 4.00. The molecule has 1 heterocycles. The van der Waals surface area contributed by atoms with Crippen LogP contribution in [0.2, 0.25) is 0 Å². The number of nitrogens with one attached hydrogen (secondary N) is 1. The van der Waals surface area contributed by atoms with Gasteiger partial charge in [0.15, 0.2) is 0 Å². The fourth-order valence-corrected chi connectivity index (χ4v) is 2.74. The summed E-state index contributed by atoms with van der Waals surface area (Å²) in [7, 11) is 4.04. The minimum Gasteiger partial charge on any atom is -0.309 e. The van der Waals surface area contributed by atoms with E-state index in [-0.39, 0.29) is 0 Å². The molecule has 0 radical (unpaired) electrons. The molecule has 1 aliphatic carbocycles. The van der Waals surface area contributed by atoms with Crippen LogP contribution in [0, 0.1) is 6.92 Å². The number of likely N-dealkylation sites (N-methyl/N-ethyl adjacent to an activating group) is 1. The quantitative estimate of drug-likeness (QED) is 0.814. The third kappa shape index (κ3) is 2.78. The summed E-state index contributed by atoms with van der Waals surface area (Å²) < 4.78 is 1.91. The van der Waals surface area contributed by atoms with Crippen molar-refractivity contribution < 1.29 is 0 Å². The Morgan fingerprint density at radius 1 is 1.35 bits per heavy atom. The van der Waals surface area contributed by atoms with Crippen LogP contribution in [0.1, 0.15) is 49.4 Å². The van der Waals surface area contributed by atoms with E-state index in [1.165, 1.54) is 37.7 Å². The summed E-state index contributed by atoms with van der Waals surface area (Å²) in [5, 5.41) is 7.90. The molecule has 1 N–H and O–H groups in total. The summed E-state index contributed by atoms with van der Waals surface area (Å²) in [5.41, 5.74) is 4.00. The molecule has 2 rings (SSSR count). The molecule has 1 aliphatic rings. The number of aromatic nitrogens is 2. The Hall–Kier alpha value is -1.09. The first-order chi connectivity index (χ1) is 8.22. The maximum atomic E-state index is 4.45. The topological polar surface area (TPSA) is 29.9 Å². The molecule has 1 aromatic rings. The molecule has 0 amide bonds. The van der Waals surface area contributed by atoms with Crippen molar-refractivity contribution in [3.63, 3.8) is 0 Å². The molecule has 0 aromatic carbocycles. The van der Waals surface area contributed by atoms with Gasteiger partial charge in [-0.15, -0.1) is 0 Å². The number of nitrogens with zero attached hydrogens (tertiary/aromatic N) is 2. The summed E-state index contributed by atoms with van der Waals surface area (Å²) in [4.78, 5) is 0. The SMILES string of the molecule is CNC(C1=CCCCCC1)c1cn(C)nc1C. The van der Waals surface area contributed by atoms with Gasteiger partial charge in [-0.1, -0.05) is 18.1 Å². The van der Waals surface area contributed by atoms with Crippen LogP contribution in [-0.2, 0) is 7.05 Å². The number of allylic oxidation sites excluding steroid dienone is 1. The van der Waals surface area contributed by atoms with Crippen LogP contribution in [0.3, 0.4) is 0 Å². The summed E-state index contributed by atoms with van der Waals surface area (Å²) in [6, 6.07) is 0.349. The maximum absolute atomic E-state index is 4.45. The number of aryl methyl sites for hydroxylation is 2. The average Bonchev–Trinajstić information content (AvgIpc) is 2.55. The number of hydrogen-bond donors (Lipinski definition) is 1. The lowest BCUT2D eigenvalue weighted by Gasteiger charge is -2.19. The standard InChI is InChI=1S/C14H23N3/c1-11-13(10-17(3)16-11)14(15-2)12-8-6-4-5-7-9-12/h8,10,14-15H,4-7,9H2,1-3H3. The molecular formula is C14H23N3. The van der Waals surface area contributed by atoms with E-state index in [2.05, 4.69) is 29.6 Å². The molecular weight excluding hydrogens is 210 g/mol. The molecule has 0 saturated carbocycles. The molecule has 0 aliphatic heterocycles. The summed E-state index contributed by atoms with van der Waals surface area (Å²) in [6.07, 6.45) is 11.0. The average molecular weight is 233 g/mol. The predicted octanol–water partition coefficient (Wildman–Crippen LogP) is 2.88. The fourth-order valence-electron chi connectivity index (χ4n) is 2.74. The summed E-state index contributed by atoms with van der Waals surface area (Å²) >= 11 is 0. The van der Waals surface area contributed by atoms with E-state index in [1.807, 2.05) is 18.8 Å². The molecule has 1 atom stereocenters. The second-order valence-corrected chi connectivity index (χ2v) is 4.94. The van der Waals surface area contributed by atoms with E-state index in [9.17, 15) is 0 Å². The van der Waals surface area contributed by atoms with Crippen molar-refractivity contribution in [2.45, 2.75) is 45.1 Å². The lowest BCUT2D eigenvalue weighted by atomic mass is 9.96. The second kappa shape index (κ2) is 5.50. The lowest BCUT2D eigenvalue weighted by molar-refractivity contribution is 0.626. The van der Waals surface area contributed by atoms with Gasteiger partial charge in [0.1, 0.15) is 0 Å². The van der Waals surface area contributed by atoms with Crippen LogP contribution in [0.4, 0.5) is 0 Å². The van der Waals surface area contributed by atoms with Crippen LogP contribution in [0.5, 0.6) is 0 Å². The second-order valence-electron chi connectivity index (χ2n) is 4.94. The summed E-state index contributed by atoms with van der Waals surface area (Å²) in [5.74, 6) is 0. The molecule has 1 aromatic heterocycles. The van der Waals surface area contributed by atoms with Crippen LogP contribution >= 0.6 is 0 Å². The van der Waals surface area contributed by atoms with E-state index in [1.54, 1.807) is 5.57 Å². The molecule has 94 valence electrons. The Labute approximate surface area is 104 Å². The van der Waals surface area contributed by atoms with E-state index in [4.69, 9.17) is 0 Å². The zero-order valence-electron chi connectivity index (χ0n) is 11.2. The molecule has 3 heteroatoms. The molecule has 0 saturated heterocycles. The van der Waals surface area contributed by atoms with Crippen molar-refractivity contribution in [1.29, 1.82) is 0 Å². The van der Waals surface area contributed by atoms with Gasteiger partial charge in [-0.05, 0) is 39.7 Å². The molecule has 0 spiro atoms. The van der Waals surface area contributed by atoms with Crippen molar-refractivity contribution in [2.24, 2.45) is 7.05 Å². The molecule has 1 unspecified atom stereocenters. The van der Waals surface area contributed by atoms with Crippen LogP contribution in [-0.4, -0.2) is 16.8 Å². The van der Waals surface area contributed by atoms with E-state index in [0.717, 1.165) is 5.69 Å². The predicted molar refractivity (Wildman–Crippen MR) is 70.9 cm³/mol. The Morgan fingerprint density at radius 2 is 2.18 bits per heavy atom. The van der Waals surface area contributed by atoms with Crippen molar-refractivity contribution in [3.05, 3.63) is 29.1 Å². The van der Waals surface area contributed by atoms with Crippen molar-refractivity contribution in [2.75, 3.05) is 7.05 Å². The van der Waals surface area contributed by atoms with Crippen LogP contribution in [0.25, 0.3) is 0 Å². The van der Waals surface area contributed by atoms with Gasteiger partial charge in [-0.2, -0.15) is 5.10 Å². The van der Waals surface area contributed by atoms with Gasteiger partial charge in [0, 0.05) is 18.8 Å². The third-order valence-electron chi connectivity index (χ3n) is 3.60. The minimum atomic E-state index is 0.349. The van der Waals surface area contributed by atoms with Crippen molar-refractivity contribution in [3.8, 4) is 0 Å². The normalized spacial score (nSPS) is 18.6. The monoisotopic (exact) mass is 233 g/mol. The first-order valence-corrected chi connectivity index (χ1v) is 6.58. The summed E-state index contributed by atoms with van der Waals surface area (Å²) in [6.45, 7) is 2.09. The number of hydrogen-bond acceptors (Lipinski definition) is 2. The zero-order chi connectivity index (χ0) is 12.3. The van der Waals surface area contributed by atoms with Gasteiger partial charge < -0.3 is 5.32 Å². The molecule has 3 nitrogen and oxygen atoms in total. The zero-order valence-corrected chi connectivity index (χ0v) is 11.2. The van der Waals surface area contributed by atoms with Gasteiger partial charge in [0.2, 0.25) is 0 Å². The van der Waals surface area contributed by atoms with Crippen LogP contribution < -0.4 is 5.32 Å². The highest BCUT2D eigenvalue weighted by Gasteiger charge is 2.19. The Morgan fingerprint density at radius 3 is 2.82 bits per heavy atom. The van der Waals surface area contributed by atoms with E-state index in [0.29, 0.717) is 6.04 Å². The Balaban J connectivity index is 2.26. The van der Waals surface area contributed by atoms with Crippen molar-refractivity contribution >= 4 is 0 Å². The highest BCUT2D eigenvalue weighted by Crippen LogP contribution is 2.30. The number of rotatable bonds is 3. The van der Waals surface area contributed by atoms with E-state index < -0.39 is 0 Å². The van der Waals surface area contributed by atoms with Gasteiger partial charge in [0.05, 0.1) is 11.7 Å². The van der Waals surface area contributed by atoms with Crippen LogP contribution in [0.15, 0.2) is 17.8 Å². The van der Waals surface area contributed by atoms with Gasteiger partial charge >= 0.3 is 0 Å². The lowest BCUT2D eigenvalue weighted by Crippen LogP contribution is -2.19. The smallest absolute Gasteiger partial charge is 0.0644 e. The van der Waals surface area contributed by atoms with Gasteiger partial charge in [-0.25, -0.2) is 0 Å². The largest absolute Gasteiger partial charge is 0.309 e. The molecule has 17 heavy (non-hydrogen) atoms.